The van der Waals surface area contributed by atoms with E-state index < -0.39 is 0 Å². The minimum atomic E-state index is 0.871. The molecule has 0 aliphatic rings. The lowest BCUT2D eigenvalue weighted by Crippen LogP contribution is -1.77. The number of imidazole rings is 1. The molecule has 86 valence electrons. The van der Waals surface area contributed by atoms with Crippen molar-refractivity contribution in [3.63, 3.8) is 0 Å². The van der Waals surface area contributed by atoms with E-state index in [1.165, 1.54) is 5.39 Å². The molecule has 4 heteroatoms. The lowest BCUT2D eigenvalue weighted by molar-refractivity contribution is 1.33. The van der Waals surface area contributed by atoms with Crippen LogP contribution in [0.5, 0.6) is 0 Å². The molecule has 18 heavy (non-hydrogen) atoms. The first-order valence-corrected chi connectivity index (χ1v) is 5.78. The number of rotatable bonds is 1. The zero-order valence-electron chi connectivity index (χ0n) is 9.51. The van der Waals surface area contributed by atoms with Crippen LogP contribution in [0.4, 0.5) is 0 Å². The normalized spacial score (nSPS) is 11.3. The Morgan fingerprint density at radius 3 is 2.89 bits per heavy atom. The van der Waals surface area contributed by atoms with Crippen LogP contribution in [0.1, 0.15) is 0 Å². The summed E-state index contributed by atoms with van der Waals surface area (Å²) < 4.78 is 0. The van der Waals surface area contributed by atoms with Crippen molar-refractivity contribution < 1.29 is 0 Å². The summed E-state index contributed by atoms with van der Waals surface area (Å²) >= 11 is 0. The van der Waals surface area contributed by atoms with Crippen LogP contribution in [0.25, 0.3) is 33.3 Å². The van der Waals surface area contributed by atoms with Gasteiger partial charge in [-0.25, -0.2) is 4.98 Å². The molecule has 0 saturated heterocycles. The summed E-state index contributed by atoms with van der Waals surface area (Å²) in [6, 6.07) is 10.1. The Kier molecular flexibility index (Phi) is 1.80. The average Bonchev–Trinajstić information content (AvgIpc) is 3.02. The Hall–Kier alpha value is -2.62. The number of aromatic nitrogens is 4. The molecular weight excluding hydrogens is 224 g/mol. The minimum Gasteiger partial charge on any atom is -0.360 e. The molecule has 2 N–H and O–H groups in total. The third kappa shape index (κ3) is 1.26. The molecule has 0 aliphatic carbocycles. The monoisotopic (exact) mass is 234 g/mol. The van der Waals surface area contributed by atoms with Crippen LogP contribution in [-0.2, 0) is 0 Å². The quantitative estimate of drug-likeness (QED) is 0.531. The number of hydrogen-bond acceptors (Lipinski definition) is 2. The van der Waals surface area contributed by atoms with Gasteiger partial charge in [0.2, 0.25) is 0 Å². The van der Waals surface area contributed by atoms with Crippen molar-refractivity contribution in [3.8, 4) is 11.4 Å². The van der Waals surface area contributed by atoms with E-state index in [1.807, 2.05) is 24.4 Å². The molecule has 4 aromatic rings. The van der Waals surface area contributed by atoms with Crippen LogP contribution in [0.2, 0.25) is 0 Å². The van der Waals surface area contributed by atoms with Crippen LogP contribution in [-0.4, -0.2) is 19.9 Å². The summed E-state index contributed by atoms with van der Waals surface area (Å²) in [6.45, 7) is 0. The molecule has 3 heterocycles. The maximum atomic E-state index is 4.59. The molecule has 0 spiro atoms. The fourth-order valence-electron chi connectivity index (χ4n) is 2.25. The van der Waals surface area contributed by atoms with Crippen molar-refractivity contribution in [2.24, 2.45) is 0 Å². The average molecular weight is 234 g/mol. The second kappa shape index (κ2) is 3.43. The number of fused-ring (bicyclic) bond motifs is 2. The molecule has 0 fully saturated rings. The first kappa shape index (κ1) is 9.41. The largest absolute Gasteiger partial charge is 0.360 e. The highest BCUT2D eigenvalue weighted by atomic mass is 14.9. The van der Waals surface area contributed by atoms with Gasteiger partial charge in [0.05, 0.1) is 17.2 Å². The number of nitrogens with one attached hydrogen (secondary N) is 2. The van der Waals surface area contributed by atoms with E-state index in [2.05, 4.69) is 32.1 Å². The van der Waals surface area contributed by atoms with Gasteiger partial charge >= 0.3 is 0 Å². The minimum absolute atomic E-state index is 0.871. The highest BCUT2D eigenvalue weighted by Gasteiger charge is 2.09. The van der Waals surface area contributed by atoms with Gasteiger partial charge in [0.15, 0.2) is 0 Å². The van der Waals surface area contributed by atoms with Gasteiger partial charge in [-0.3, -0.25) is 4.98 Å². The molecule has 0 amide bonds. The van der Waals surface area contributed by atoms with Crippen molar-refractivity contribution in [1.29, 1.82) is 0 Å². The van der Waals surface area contributed by atoms with Gasteiger partial charge in [0, 0.05) is 28.9 Å². The standard InChI is InChI=1S/C14H10N4/c1-2-4-11-9(3-1)10(7-16-11)14-17-12-5-6-15-8-13(12)18-14/h1-8,16H,(H,17,18). The fourth-order valence-corrected chi connectivity index (χ4v) is 2.25. The molecular formula is C14H10N4. The lowest BCUT2D eigenvalue weighted by Gasteiger charge is -1.93. The predicted octanol–water partition coefficient (Wildman–Crippen LogP) is 3.11. The van der Waals surface area contributed by atoms with Gasteiger partial charge < -0.3 is 9.97 Å². The molecule has 0 unspecified atom stereocenters. The number of H-pyrrole nitrogens is 2. The predicted molar refractivity (Wildman–Crippen MR) is 71.2 cm³/mol. The summed E-state index contributed by atoms with van der Waals surface area (Å²) in [4.78, 5) is 15.2. The third-order valence-corrected chi connectivity index (χ3v) is 3.13. The molecule has 4 nitrogen and oxygen atoms in total. The van der Waals surface area contributed by atoms with Gasteiger partial charge in [-0.1, -0.05) is 18.2 Å². The van der Waals surface area contributed by atoms with Crippen molar-refractivity contribution in [3.05, 3.63) is 48.9 Å². The summed E-state index contributed by atoms with van der Waals surface area (Å²) in [7, 11) is 0. The second-order valence-corrected chi connectivity index (χ2v) is 4.23. The Bertz CT molecular complexity index is 808. The number of aromatic amines is 2. The Morgan fingerprint density at radius 1 is 1.00 bits per heavy atom. The second-order valence-electron chi connectivity index (χ2n) is 4.23. The van der Waals surface area contributed by atoms with Crippen molar-refractivity contribution in [2.45, 2.75) is 0 Å². The molecule has 0 saturated carbocycles. The van der Waals surface area contributed by atoms with Crippen LogP contribution in [0, 0.1) is 0 Å². The number of benzene rings is 1. The van der Waals surface area contributed by atoms with Crippen molar-refractivity contribution >= 4 is 21.9 Å². The maximum absolute atomic E-state index is 4.59. The van der Waals surface area contributed by atoms with Crippen molar-refractivity contribution in [1.82, 2.24) is 19.9 Å². The SMILES string of the molecule is c1ccc2c(-c3nc4ccncc4[nH]3)c[nH]c2c1. The van der Waals surface area contributed by atoms with Crippen LogP contribution >= 0.6 is 0 Å². The lowest BCUT2D eigenvalue weighted by atomic mass is 10.2. The van der Waals surface area contributed by atoms with Gasteiger partial charge in [-0.15, -0.1) is 0 Å². The Labute approximate surface area is 103 Å². The summed E-state index contributed by atoms with van der Waals surface area (Å²) in [6.07, 6.45) is 5.53. The fraction of sp³-hybridized carbons (Fsp3) is 0. The molecule has 0 bridgehead atoms. The summed E-state index contributed by atoms with van der Waals surface area (Å²) in [5.74, 6) is 0.871. The number of pyridine rings is 1. The van der Waals surface area contributed by atoms with Crippen LogP contribution in [0.3, 0.4) is 0 Å². The van der Waals surface area contributed by atoms with E-state index in [0.717, 1.165) is 27.9 Å². The van der Waals surface area contributed by atoms with Crippen LogP contribution < -0.4 is 0 Å². The van der Waals surface area contributed by atoms with E-state index in [1.54, 1.807) is 12.4 Å². The van der Waals surface area contributed by atoms with E-state index in [-0.39, 0.29) is 0 Å². The highest BCUT2D eigenvalue weighted by Crippen LogP contribution is 2.27. The van der Waals surface area contributed by atoms with E-state index in [0.29, 0.717) is 0 Å². The molecule has 3 aromatic heterocycles. The topological polar surface area (TPSA) is 57.4 Å². The summed E-state index contributed by atoms with van der Waals surface area (Å²) in [5.41, 5.74) is 4.09. The molecule has 4 rings (SSSR count). The molecule has 0 radical (unpaired) electrons. The van der Waals surface area contributed by atoms with Gasteiger partial charge in [-0.2, -0.15) is 0 Å². The third-order valence-electron chi connectivity index (χ3n) is 3.13. The zero-order chi connectivity index (χ0) is 11.9. The Morgan fingerprint density at radius 2 is 1.94 bits per heavy atom. The maximum Gasteiger partial charge on any atom is 0.140 e. The molecule has 0 atom stereocenters. The molecule has 0 aliphatic heterocycles. The van der Waals surface area contributed by atoms with Gasteiger partial charge in [0.1, 0.15) is 5.82 Å². The van der Waals surface area contributed by atoms with Crippen LogP contribution in [0.15, 0.2) is 48.9 Å². The zero-order valence-corrected chi connectivity index (χ0v) is 9.51. The van der Waals surface area contributed by atoms with Crippen molar-refractivity contribution in [2.75, 3.05) is 0 Å². The van der Waals surface area contributed by atoms with E-state index in [9.17, 15) is 0 Å². The first-order chi connectivity index (χ1) is 8.92. The van der Waals surface area contributed by atoms with Gasteiger partial charge in [-0.05, 0) is 12.1 Å². The Balaban J connectivity index is 2.01. The number of hydrogen-bond donors (Lipinski definition) is 2. The number of para-hydroxylation sites is 1. The highest BCUT2D eigenvalue weighted by molar-refractivity contribution is 5.95. The number of nitrogens with zero attached hydrogens (tertiary/aromatic N) is 2. The van der Waals surface area contributed by atoms with E-state index in [4.69, 9.17) is 0 Å². The van der Waals surface area contributed by atoms with E-state index >= 15 is 0 Å². The molecule has 1 aromatic carbocycles. The first-order valence-electron chi connectivity index (χ1n) is 5.78. The van der Waals surface area contributed by atoms with Gasteiger partial charge in [0.25, 0.3) is 0 Å². The summed E-state index contributed by atoms with van der Waals surface area (Å²) in [5, 5.41) is 1.17. The smallest absolute Gasteiger partial charge is 0.140 e.